The maximum atomic E-state index is 10.4. The minimum absolute atomic E-state index is 0.361. The third kappa shape index (κ3) is 3.62. The lowest BCUT2D eigenvalue weighted by Gasteiger charge is -2.28. The molecule has 6 nitrogen and oxygen atoms in total. The number of nitrogens with zero attached hydrogens (tertiary/aromatic N) is 3. The van der Waals surface area contributed by atoms with Crippen LogP contribution in [0.2, 0.25) is 0 Å². The molecule has 1 atom stereocenters. The molecule has 1 aliphatic rings. The molecule has 0 aromatic heterocycles. The minimum Gasteiger partial charge on any atom is -0.370 e. The Morgan fingerprint density at radius 2 is 2.19 bits per heavy atom. The number of amidine groups is 1. The van der Waals surface area contributed by atoms with Crippen LogP contribution in [0.4, 0.5) is 0 Å². The fourth-order valence-corrected chi connectivity index (χ4v) is 1.60. The summed E-state index contributed by atoms with van der Waals surface area (Å²) < 4.78 is 0. The predicted octanol–water partition coefficient (Wildman–Crippen LogP) is -0.440. The van der Waals surface area contributed by atoms with Gasteiger partial charge < -0.3 is 20.7 Å². The lowest BCUT2D eigenvalue weighted by Crippen LogP contribution is -2.48. The van der Waals surface area contributed by atoms with Crippen molar-refractivity contribution in [1.82, 2.24) is 10.2 Å². The molecule has 0 saturated heterocycles. The number of likely N-dealkylation sites (N-methyl/N-ethyl adjacent to an activating group) is 1. The van der Waals surface area contributed by atoms with Crippen molar-refractivity contribution >= 4 is 18.1 Å². The number of rotatable bonds is 5. The van der Waals surface area contributed by atoms with E-state index in [0.717, 1.165) is 12.1 Å². The van der Waals surface area contributed by atoms with Crippen molar-refractivity contribution in [3.63, 3.8) is 0 Å². The fraction of sp³-hybridized carbons (Fsp3) is 0.700. The van der Waals surface area contributed by atoms with E-state index in [1.54, 1.807) is 0 Å². The van der Waals surface area contributed by atoms with Crippen LogP contribution in [0.1, 0.15) is 19.8 Å². The van der Waals surface area contributed by atoms with E-state index < -0.39 is 5.66 Å². The van der Waals surface area contributed by atoms with Crippen LogP contribution in [0.5, 0.6) is 0 Å². The zero-order valence-corrected chi connectivity index (χ0v) is 10.0. The highest BCUT2D eigenvalue weighted by atomic mass is 16.1. The Bertz CT molecular complexity index is 323. The first-order valence-corrected chi connectivity index (χ1v) is 5.24. The van der Waals surface area contributed by atoms with Crippen molar-refractivity contribution in [1.29, 1.82) is 0 Å². The third-order valence-electron chi connectivity index (χ3n) is 2.21. The van der Waals surface area contributed by atoms with Gasteiger partial charge in [0, 0.05) is 6.42 Å². The summed E-state index contributed by atoms with van der Waals surface area (Å²) in [4.78, 5) is 21.1. The Balaban J connectivity index is 2.78. The maximum absolute atomic E-state index is 10.4. The van der Waals surface area contributed by atoms with Crippen LogP contribution in [0.3, 0.4) is 0 Å². The molecule has 6 heteroatoms. The third-order valence-corrected chi connectivity index (χ3v) is 2.21. The number of carbonyl (C=O) groups is 1. The van der Waals surface area contributed by atoms with Gasteiger partial charge in [-0.2, -0.15) is 0 Å². The van der Waals surface area contributed by atoms with Crippen molar-refractivity contribution in [3.8, 4) is 0 Å². The standard InChI is InChI=1S/C10H19N5O/c1-10(5-4-6-16)13-8(7-15(2)3)12-9(11)14-10/h6H,4-5,7H2,1-3H3,(H3,11,12,13,14). The topological polar surface area (TPSA) is 83.1 Å². The first kappa shape index (κ1) is 12.6. The quantitative estimate of drug-likeness (QED) is 0.621. The number of nitrogens with one attached hydrogen (secondary N) is 1. The van der Waals surface area contributed by atoms with E-state index in [4.69, 9.17) is 5.73 Å². The monoisotopic (exact) mass is 225 g/mol. The molecule has 0 aliphatic carbocycles. The van der Waals surface area contributed by atoms with Gasteiger partial charge in [-0.3, -0.25) is 0 Å². The zero-order chi connectivity index (χ0) is 12.2. The highest BCUT2D eigenvalue weighted by molar-refractivity contribution is 6.01. The number of aliphatic imine (C=N–C) groups is 2. The van der Waals surface area contributed by atoms with Gasteiger partial charge in [0.25, 0.3) is 0 Å². The summed E-state index contributed by atoms with van der Waals surface area (Å²) in [6.07, 6.45) is 1.89. The molecule has 1 rings (SSSR count). The highest BCUT2D eigenvalue weighted by Gasteiger charge is 2.26. The van der Waals surface area contributed by atoms with E-state index in [0.29, 0.717) is 25.3 Å². The molecule has 1 heterocycles. The number of nitrogens with two attached hydrogens (primary N) is 1. The summed E-state index contributed by atoms with van der Waals surface area (Å²) >= 11 is 0. The van der Waals surface area contributed by atoms with Gasteiger partial charge in [0.05, 0.1) is 6.54 Å². The molecule has 1 unspecified atom stereocenters. The molecule has 0 amide bonds. The van der Waals surface area contributed by atoms with E-state index in [9.17, 15) is 4.79 Å². The molecule has 0 aromatic carbocycles. The van der Waals surface area contributed by atoms with Gasteiger partial charge in [-0.05, 0) is 27.4 Å². The van der Waals surface area contributed by atoms with Crippen LogP contribution in [0.25, 0.3) is 0 Å². The summed E-state index contributed by atoms with van der Waals surface area (Å²) in [6.45, 7) is 2.55. The molecule has 16 heavy (non-hydrogen) atoms. The van der Waals surface area contributed by atoms with Crippen LogP contribution in [0.15, 0.2) is 9.98 Å². The summed E-state index contributed by atoms with van der Waals surface area (Å²) in [5.74, 6) is 1.14. The molecule has 1 aliphatic heterocycles. The number of aldehydes is 1. The predicted molar refractivity (Wildman–Crippen MR) is 64.5 cm³/mol. The normalized spacial score (nSPS) is 24.8. The first-order chi connectivity index (χ1) is 7.45. The van der Waals surface area contributed by atoms with E-state index in [2.05, 4.69) is 15.3 Å². The van der Waals surface area contributed by atoms with Crippen molar-refractivity contribution in [3.05, 3.63) is 0 Å². The summed E-state index contributed by atoms with van der Waals surface area (Å²) in [6, 6.07) is 0. The Hall–Kier alpha value is -1.43. The minimum atomic E-state index is -0.610. The van der Waals surface area contributed by atoms with Crippen LogP contribution >= 0.6 is 0 Å². The maximum Gasteiger partial charge on any atom is 0.196 e. The molecular weight excluding hydrogens is 206 g/mol. The Labute approximate surface area is 95.6 Å². The second-order valence-electron chi connectivity index (χ2n) is 4.34. The molecule has 0 radical (unpaired) electrons. The van der Waals surface area contributed by atoms with Gasteiger partial charge in [-0.15, -0.1) is 0 Å². The Morgan fingerprint density at radius 3 is 2.75 bits per heavy atom. The van der Waals surface area contributed by atoms with Crippen molar-refractivity contribution in [2.24, 2.45) is 15.7 Å². The van der Waals surface area contributed by atoms with Crippen LogP contribution in [-0.4, -0.2) is 49.3 Å². The summed E-state index contributed by atoms with van der Waals surface area (Å²) in [5.41, 5.74) is 5.09. The number of hydrogen-bond donors (Lipinski definition) is 2. The van der Waals surface area contributed by atoms with Gasteiger partial charge in [-0.1, -0.05) is 0 Å². The number of guanidine groups is 1. The van der Waals surface area contributed by atoms with Crippen molar-refractivity contribution in [2.45, 2.75) is 25.4 Å². The molecule has 0 spiro atoms. The smallest absolute Gasteiger partial charge is 0.196 e. The van der Waals surface area contributed by atoms with Crippen molar-refractivity contribution < 1.29 is 4.79 Å². The van der Waals surface area contributed by atoms with Crippen molar-refractivity contribution in [2.75, 3.05) is 20.6 Å². The SMILES string of the molecule is CN(C)CC1=NC(C)(CCC=O)N=C(N)N1. The average Bonchev–Trinajstić information content (AvgIpc) is 2.12. The van der Waals surface area contributed by atoms with E-state index in [1.807, 2.05) is 25.9 Å². The van der Waals surface area contributed by atoms with Gasteiger partial charge in [-0.25, -0.2) is 9.98 Å². The second-order valence-corrected chi connectivity index (χ2v) is 4.34. The van der Waals surface area contributed by atoms with Crippen LogP contribution < -0.4 is 11.1 Å². The Morgan fingerprint density at radius 1 is 1.50 bits per heavy atom. The number of carbonyl (C=O) groups excluding carboxylic acids is 1. The first-order valence-electron chi connectivity index (χ1n) is 5.24. The number of hydrogen-bond acceptors (Lipinski definition) is 6. The second kappa shape index (κ2) is 5.07. The van der Waals surface area contributed by atoms with Crippen LogP contribution in [-0.2, 0) is 4.79 Å². The largest absolute Gasteiger partial charge is 0.370 e. The molecule has 3 N–H and O–H groups in total. The van der Waals surface area contributed by atoms with E-state index >= 15 is 0 Å². The average molecular weight is 225 g/mol. The van der Waals surface area contributed by atoms with Gasteiger partial charge >= 0.3 is 0 Å². The fourth-order valence-electron chi connectivity index (χ4n) is 1.60. The molecule has 0 saturated carbocycles. The molecule has 0 fully saturated rings. The zero-order valence-electron chi connectivity index (χ0n) is 10.0. The lowest BCUT2D eigenvalue weighted by atomic mass is 10.1. The molecule has 0 bridgehead atoms. The Kier molecular flexibility index (Phi) is 4.00. The summed E-state index contributed by atoms with van der Waals surface area (Å²) in [5, 5.41) is 2.93. The van der Waals surface area contributed by atoms with Crippen LogP contribution in [0, 0.1) is 0 Å². The molecule has 90 valence electrons. The molecule has 0 aromatic rings. The summed E-state index contributed by atoms with van der Waals surface area (Å²) in [7, 11) is 3.91. The van der Waals surface area contributed by atoms with Gasteiger partial charge in [0.2, 0.25) is 0 Å². The van der Waals surface area contributed by atoms with Gasteiger partial charge in [0.1, 0.15) is 12.1 Å². The lowest BCUT2D eigenvalue weighted by molar-refractivity contribution is -0.108. The van der Waals surface area contributed by atoms with E-state index in [1.165, 1.54) is 0 Å². The van der Waals surface area contributed by atoms with Gasteiger partial charge in [0.15, 0.2) is 11.6 Å². The molecular formula is C10H19N5O. The van der Waals surface area contributed by atoms with E-state index in [-0.39, 0.29) is 0 Å². The highest BCUT2D eigenvalue weighted by Crippen LogP contribution is 2.20.